The number of hydrogen-bond acceptors (Lipinski definition) is 2. The van der Waals surface area contributed by atoms with Crippen molar-refractivity contribution in [1.29, 1.82) is 0 Å². The van der Waals surface area contributed by atoms with Gasteiger partial charge in [0.05, 0.1) is 12.6 Å². The van der Waals surface area contributed by atoms with Gasteiger partial charge in [0, 0.05) is 35.8 Å². The Morgan fingerprint density at radius 3 is 2.60 bits per heavy atom. The lowest BCUT2D eigenvalue weighted by Crippen LogP contribution is -2.44. The van der Waals surface area contributed by atoms with Crippen LogP contribution in [0.5, 0.6) is 0 Å². The Labute approximate surface area is 71.7 Å². The van der Waals surface area contributed by atoms with Crippen molar-refractivity contribution >= 4 is 22.9 Å². The summed E-state index contributed by atoms with van der Waals surface area (Å²) in [6, 6.07) is 0. The Hall–Kier alpha value is 0.510. The van der Waals surface area contributed by atoms with Crippen molar-refractivity contribution in [1.82, 2.24) is 3.11 Å². The lowest BCUT2D eigenvalue weighted by molar-refractivity contribution is -0.0805. The summed E-state index contributed by atoms with van der Waals surface area (Å²) in [7, 11) is 0. The van der Waals surface area contributed by atoms with Gasteiger partial charge in [0.1, 0.15) is 0 Å². The predicted octanol–water partition coefficient (Wildman–Crippen LogP) is 1.04. The van der Waals surface area contributed by atoms with E-state index in [0.29, 0.717) is 6.54 Å². The summed E-state index contributed by atoms with van der Waals surface area (Å²) in [4.78, 5) is 0. The standard InChI is InChI=1S/C5H8F2INO/c6-5(7)1-4(10)2-9(8)3-5/h4,10H,1-3H2. The molecule has 1 aliphatic heterocycles. The quantitative estimate of drug-likeness (QED) is 0.521. The number of β-amino-alcohol motifs (C(OH)–C–C–N with tert-alkyl or cyclic N) is 1. The third-order valence-electron chi connectivity index (χ3n) is 1.35. The van der Waals surface area contributed by atoms with E-state index in [-0.39, 0.29) is 6.54 Å². The van der Waals surface area contributed by atoms with Crippen molar-refractivity contribution in [3.05, 3.63) is 0 Å². The van der Waals surface area contributed by atoms with E-state index >= 15 is 0 Å². The Kier molecular flexibility index (Phi) is 2.46. The molecular formula is C5H8F2INO. The number of halogens is 3. The number of alkyl halides is 2. The normalized spacial score (nSPS) is 34.2. The van der Waals surface area contributed by atoms with Gasteiger partial charge in [-0.1, -0.05) is 0 Å². The molecule has 1 heterocycles. The number of hydrogen-bond donors (Lipinski definition) is 1. The monoisotopic (exact) mass is 263 g/mol. The van der Waals surface area contributed by atoms with Gasteiger partial charge in [0.15, 0.2) is 0 Å². The first-order valence-corrected chi connectivity index (χ1v) is 3.93. The van der Waals surface area contributed by atoms with Crippen LogP contribution in [0.15, 0.2) is 0 Å². The van der Waals surface area contributed by atoms with Crippen LogP contribution < -0.4 is 0 Å². The fraction of sp³-hybridized carbons (Fsp3) is 1.00. The van der Waals surface area contributed by atoms with Crippen molar-refractivity contribution in [3.8, 4) is 0 Å². The first-order chi connectivity index (χ1) is 4.49. The summed E-state index contributed by atoms with van der Waals surface area (Å²) in [6.07, 6.45) is -1.27. The number of aliphatic hydroxyl groups is 1. The molecule has 1 N–H and O–H groups in total. The van der Waals surface area contributed by atoms with Crippen LogP contribution in [0.4, 0.5) is 8.78 Å². The fourth-order valence-corrected chi connectivity index (χ4v) is 1.97. The zero-order chi connectivity index (χ0) is 7.78. The molecule has 5 heteroatoms. The van der Waals surface area contributed by atoms with Gasteiger partial charge in [-0.05, 0) is 0 Å². The first-order valence-electron chi connectivity index (χ1n) is 2.96. The number of nitrogens with zero attached hydrogens (tertiary/aromatic N) is 1. The maximum Gasteiger partial charge on any atom is 0.263 e. The molecule has 10 heavy (non-hydrogen) atoms. The van der Waals surface area contributed by atoms with E-state index < -0.39 is 18.4 Å². The Morgan fingerprint density at radius 2 is 2.20 bits per heavy atom. The minimum atomic E-state index is -2.71. The Morgan fingerprint density at radius 1 is 1.60 bits per heavy atom. The number of aliphatic hydroxyl groups excluding tert-OH is 1. The molecule has 0 amide bonds. The topological polar surface area (TPSA) is 23.5 Å². The molecule has 0 aromatic rings. The van der Waals surface area contributed by atoms with Gasteiger partial charge < -0.3 is 5.11 Å². The van der Waals surface area contributed by atoms with Crippen LogP contribution in [0.2, 0.25) is 0 Å². The van der Waals surface area contributed by atoms with E-state index in [1.807, 2.05) is 0 Å². The van der Waals surface area contributed by atoms with E-state index in [2.05, 4.69) is 0 Å². The van der Waals surface area contributed by atoms with E-state index in [1.165, 1.54) is 3.11 Å². The molecule has 60 valence electrons. The highest BCUT2D eigenvalue weighted by Gasteiger charge is 2.38. The van der Waals surface area contributed by atoms with Crippen LogP contribution in [0, 0.1) is 0 Å². The van der Waals surface area contributed by atoms with Gasteiger partial charge >= 0.3 is 0 Å². The number of piperidine rings is 1. The smallest absolute Gasteiger partial charge is 0.263 e. The SMILES string of the molecule is OC1CN(I)CC(F)(F)C1. The molecule has 0 saturated carbocycles. The molecule has 1 unspecified atom stereocenters. The Bertz CT molecular complexity index is 121. The van der Waals surface area contributed by atoms with Crippen molar-refractivity contribution in [3.63, 3.8) is 0 Å². The molecule has 0 aromatic heterocycles. The molecule has 1 aliphatic rings. The third-order valence-corrected chi connectivity index (χ3v) is 2.08. The average molecular weight is 263 g/mol. The molecule has 1 atom stereocenters. The van der Waals surface area contributed by atoms with E-state index in [1.54, 1.807) is 22.9 Å². The minimum absolute atomic E-state index is 0.245. The lowest BCUT2D eigenvalue weighted by atomic mass is 10.1. The molecule has 1 saturated heterocycles. The van der Waals surface area contributed by atoms with Gasteiger partial charge in [-0.3, -0.25) is 0 Å². The van der Waals surface area contributed by atoms with E-state index in [0.717, 1.165) is 0 Å². The summed E-state index contributed by atoms with van der Waals surface area (Å²) >= 11 is 1.79. The summed E-state index contributed by atoms with van der Waals surface area (Å²) in [5, 5.41) is 8.89. The minimum Gasteiger partial charge on any atom is -0.392 e. The van der Waals surface area contributed by atoms with Crippen LogP contribution >= 0.6 is 22.9 Å². The van der Waals surface area contributed by atoms with Crippen LogP contribution in [0.3, 0.4) is 0 Å². The molecule has 0 aromatic carbocycles. The molecule has 0 radical (unpaired) electrons. The van der Waals surface area contributed by atoms with Gasteiger partial charge in [0.25, 0.3) is 5.92 Å². The largest absolute Gasteiger partial charge is 0.392 e. The van der Waals surface area contributed by atoms with Crippen molar-refractivity contribution in [2.24, 2.45) is 0 Å². The summed E-state index contributed by atoms with van der Waals surface area (Å²) in [5.74, 6) is -2.71. The van der Waals surface area contributed by atoms with E-state index in [9.17, 15) is 8.78 Å². The van der Waals surface area contributed by atoms with Gasteiger partial charge in [-0.15, -0.1) is 0 Å². The first kappa shape index (κ1) is 8.61. The Balaban J connectivity index is 2.51. The van der Waals surface area contributed by atoms with Crippen molar-refractivity contribution in [2.45, 2.75) is 18.4 Å². The highest BCUT2D eigenvalue weighted by atomic mass is 127. The maximum absolute atomic E-state index is 12.5. The highest BCUT2D eigenvalue weighted by Crippen LogP contribution is 2.28. The molecule has 1 rings (SSSR count). The van der Waals surface area contributed by atoms with Gasteiger partial charge in [-0.25, -0.2) is 11.9 Å². The van der Waals surface area contributed by atoms with Crippen molar-refractivity contribution < 1.29 is 13.9 Å². The van der Waals surface area contributed by atoms with Gasteiger partial charge in [0.2, 0.25) is 0 Å². The summed E-state index contributed by atoms with van der Waals surface area (Å²) in [6.45, 7) is 0.0980. The molecule has 0 aliphatic carbocycles. The lowest BCUT2D eigenvalue weighted by Gasteiger charge is -2.31. The molecule has 0 bridgehead atoms. The van der Waals surface area contributed by atoms with E-state index in [4.69, 9.17) is 5.11 Å². The zero-order valence-corrected chi connectivity index (χ0v) is 7.38. The summed E-state index contributed by atoms with van der Waals surface area (Å²) < 4.78 is 26.4. The highest BCUT2D eigenvalue weighted by molar-refractivity contribution is 14.1. The van der Waals surface area contributed by atoms with Gasteiger partial charge in [-0.2, -0.15) is 0 Å². The summed E-state index contributed by atoms with van der Waals surface area (Å²) in [5.41, 5.74) is 0. The molecular weight excluding hydrogens is 255 g/mol. The fourth-order valence-electron chi connectivity index (χ4n) is 1.02. The van der Waals surface area contributed by atoms with Crippen molar-refractivity contribution in [2.75, 3.05) is 13.1 Å². The predicted molar refractivity (Wildman–Crippen MR) is 41.2 cm³/mol. The van der Waals surface area contributed by atoms with Crippen LogP contribution in [-0.2, 0) is 0 Å². The zero-order valence-electron chi connectivity index (χ0n) is 5.23. The number of rotatable bonds is 0. The third kappa shape index (κ3) is 2.28. The van der Waals surface area contributed by atoms with Crippen LogP contribution in [0.1, 0.15) is 6.42 Å². The van der Waals surface area contributed by atoms with Crippen LogP contribution in [0.25, 0.3) is 0 Å². The molecule has 1 fully saturated rings. The van der Waals surface area contributed by atoms with Crippen LogP contribution in [-0.4, -0.2) is 33.3 Å². The molecule has 0 spiro atoms. The maximum atomic E-state index is 12.5. The second-order valence-corrected chi connectivity index (χ2v) is 3.88. The molecule has 2 nitrogen and oxygen atoms in total. The second-order valence-electron chi connectivity index (χ2n) is 2.52. The second kappa shape index (κ2) is 2.86. The average Bonchev–Trinajstić information content (AvgIpc) is 1.54.